The molecular weight excluding hydrogens is 422 g/mol. The first-order chi connectivity index (χ1) is 16.7. The first-order valence-electron chi connectivity index (χ1n) is 11.5. The summed E-state index contributed by atoms with van der Waals surface area (Å²) in [6.07, 6.45) is -0.334. The number of hydrogen-bond donors (Lipinski definition) is 0. The van der Waals surface area contributed by atoms with E-state index in [1.807, 2.05) is 42.5 Å². The van der Waals surface area contributed by atoms with Crippen LogP contribution < -0.4 is 4.74 Å². The van der Waals surface area contributed by atoms with Gasteiger partial charge in [0, 0.05) is 0 Å². The Hall–Kier alpha value is -3.89. The summed E-state index contributed by atoms with van der Waals surface area (Å²) >= 11 is 0. The zero-order chi connectivity index (χ0) is 23.1. The highest BCUT2D eigenvalue weighted by molar-refractivity contribution is 5.85. The lowest BCUT2D eigenvalue weighted by molar-refractivity contribution is -0.147. The van der Waals surface area contributed by atoms with Crippen molar-refractivity contribution in [1.29, 1.82) is 0 Å². The summed E-state index contributed by atoms with van der Waals surface area (Å²) in [5.41, 5.74) is 3.74. The highest BCUT2D eigenvalue weighted by Gasteiger charge is 2.71. The van der Waals surface area contributed by atoms with Gasteiger partial charge in [0.25, 0.3) is 0 Å². The summed E-state index contributed by atoms with van der Waals surface area (Å²) < 4.78 is 11.2. The van der Waals surface area contributed by atoms with Crippen molar-refractivity contribution in [3.8, 4) is 5.75 Å². The van der Waals surface area contributed by atoms with Gasteiger partial charge in [-0.25, -0.2) is 0 Å². The van der Waals surface area contributed by atoms with E-state index in [0.717, 1.165) is 28.0 Å². The van der Waals surface area contributed by atoms with Crippen molar-refractivity contribution in [1.82, 2.24) is 4.90 Å². The molecule has 4 aromatic carbocycles. The topological polar surface area (TPSA) is 38.5 Å². The SMILES string of the molecule is COc1ccc([C@H]2OC(=O)C3C2N3C(c2ccccc2)(c2ccccc2)c2ccccc2)cc1. The monoisotopic (exact) mass is 447 g/mol. The molecule has 0 aromatic heterocycles. The number of carbonyl (C=O) groups excluding carboxylic acids is 1. The Balaban J connectivity index is 1.54. The first kappa shape index (κ1) is 20.7. The van der Waals surface area contributed by atoms with Crippen molar-refractivity contribution in [3.05, 3.63) is 138 Å². The molecule has 2 saturated heterocycles. The maximum atomic E-state index is 13.2. The summed E-state index contributed by atoms with van der Waals surface area (Å²) in [5.74, 6) is 0.613. The number of rotatable bonds is 6. The van der Waals surface area contributed by atoms with Crippen LogP contribution in [0.1, 0.15) is 28.4 Å². The molecule has 4 nitrogen and oxygen atoms in total. The van der Waals surface area contributed by atoms with Crippen LogP contribution in [0.4, 0.5) is 0 Å². The quantitative estimate of drug-likeness (QED) is 0.227. The molecule has 2 aliphatic rings. The Bertz CT molecular complexity index is 1190. The second kappa shape index (κ2) is 8.15. The van der Waals surface area contributed by atoms with Crippen molar-refractivity contribution in [2.24, 2.45) is 0 Å². The minimum atomic E-state index is -0.622. The van der Waals surface area contributed by atoms with E-state index >= 15 is 0 Å². The van der Waals surface area contributed by atoms with Gasteiger partial charge in [-0.1, -0.05) is 103 Å². The van der Waals surface area contributed by atoms with Gasteiger partial charge in [-0.3, -0.25) is 9.69 Å². The molecule has 0 amide bonds. The van der Waals surface area contributed by atoms with Gasteiger partial charge in [0.05, 0.1) is 18.7 Å². The fourth-order valence-electron chi connectivity index (χ4n) is 5.55. The van der Waals surface area contributed by atoms with Gasteiger partial charge in [-0.2, -0.15) is 0 Å². The Morgan fingerprint density at radius 2 is 1.18 bits per heavy atom. The summed E-state index contributed by atoms with van der Waals surface area (Å²) in [7, 11) is 1.65. The first-order valence-corrected chi connectivity index (χ1v) is 11.5. The summed E-state index contributed by atoms with van der Waals surface area (Å²) in [5, 5.41) is 0. The minimum absolute atomic E-state index is 0.0680. The van der Waals surface area contributed by atoms with E-state index in [-0.39, 0.29) is 24.2 Å². The molecule has 0 N–H and O–H groups in total. The van der Waals surface area contributed by atoms with E-state index in [2.05, 4.69) is 77.7 Å². The smallest absolute Gasteiger partial charge is 0.325 e. The molecule has 0 bridgehead atoms. The zero-order valence-corrected chi connectivity index (χ0v) is 18.9. The van der Waals surface area contributed by atoms with Crippen molar-refractivity contribution >= 4 is 5.97 Å². The molecule has 168 valence electrons. The van der Waals surface area contributed by atoms with Crippen molar-refractivity contribution < 1.29 is 14.3 Å². The fourth-order valence-corrected chi connectivity index (χ4v) is 5.55. The summed E-state index contributed by atoms with van der Waals surface area (Å²) in [4.78, 5) is 15.5. The lowest BCUT2D eigenvalue weighted by atomic mass is 9.76. The van der Waals surface area contributed by atoms with Crippen LogP contribution in [0.15, 0.2) is 115 Å². The maximum absolute atomic E-state index is 13.2. The number of hydrogen-bond acceptors (Lipinski definition) is 4. The second-order valence-corrected chi connectivity index (χ2v) is 8.78. The standard InChI is InChI=1S/C30H25NO3/c1-33-25-19-17-21(18-20-25)28-26-27(29(32)34-28)31(26)30(22-11-5-2-6-12-22,23-13-7-3-8-14-23)24-15-9-4-10-16-24/h2-20,26-28H,1H3/t26?,27?,28-,31?/m1/s1. The molecule has 4 heteroatoms. The molecule has 0 aliphatic carbocycles. The minimum Gasteiger partial charge on any atom is -0.497 e. The van der Waals surface area contributed by atoms with Crippen LogP contribution >= 0.6 is 0 Å². The van der Waals surface area contributed by atoms with Gasteiger partial charge in [-0.15, -0.1) is 0 Å². The lowest BCUT2D eigenvalue weighted by Crippen LogP contribution is -2.42. The number of methoxy groups -OCH3 is 1. The average molecular weight is 448 g/mol. The van der Waals surface area contributed by atoms with Crippen LogP contribution in [0, 0.1) is 0 Å². The van der Waals surface area contributed by atoms with E-state index < -0.39 is 5.54 Å². The number of benzene rings is 4. The van der Waals surface area contributed by atoms with Crippen molar-refractivity contribution in [2.45, 2.75) is 23.7 Å². The van der Waals surface area contributed by atoms with Crippen LogP contribution in [0.5, 0.6) is 5.75 Å². The number of carbonyl (C=O) groups is 1. The maximum Gasteiger partial charge on any atom is 0.325 e. The Labute approximate surface area is 199 Å². The van der Waals surface area contributed by atoms with Crippen LogP contribution in [0.2, 0.25) is 0 Å². The van der Waals surface area contributed by atoms with Crippen LogP contribution in [0.25, 0.3) is 0 Å². The molecule has 6 rings (SSSR count). The molecule has 4 aromatic rings. The largest absolute Gasteiger partial charge is 0.497 e. The van der Waals surface area contributed by atoms with E-state index in [1.54, 1.807) is 7.11 Å². The van der Waals surface area contributed by atoms with Crippen LogP contribution in [0.3, 0.4) is 0 Å². The van der Waals surface area contributed by atoms with E-state index in [1.165, 1.54) is 0 Å². The third-order valence-corrected chi connectivity index (χ3v) is 7.06. The van der Waals surface area contributed by atoms with Gasteiger partial charge in [0.2, 0.25) is 0 Å². The van der Waals surface area contributed by atoms with Gasteiger partial charge in [0.1, 0.15) is 17.9 Å². The third-order valence-electron chi connectivity index (χ3n) is 7.06. The highest BCUT2D eigenvalue weighted by atomic mass is 16.6. The average Bonchev–Trinajstić information content (AvgIpc) is 3.55. The van der Waals surface area contributed by atoms with Gasteiger partial charge in [-0.05, 0) is 34.4 Å². The number of nitrogens with zero attached hydrogens (tertiary/aromatic N) is 1. The molecule has 2 heterocycles. The number of cyclic esters (lactones) is 1. The fraction of sp³-hybridized carbons (Fsp3) is 0.167. The van der Waals surface area contributed by atoms with Crippen LogP contribution in [-0.4, -0.2) is 30.1 Å². The Morgan fingerprint density at radius 3 is 1.62 bits per heavy atom. The van der Waals surface area contributed by atoms with E-state index in [0.29, 0.717) is 0 Å². The molecule has 2 aliphatic heterocycles. The molecule has 0 saturated carbocycles. The van der Waals surface area contributed by atoms with Crippen molar-refractivity contribution in [2.75, 3.05) is 7.11 Å². The van der Waals surface area contributed by atoms with Gasteiger partial charge < -0.3 is 9.47 Å². The number of morpholine rings is 1. The predicted octanol–water partition coefficient (Wildman–Crippen LogP) is 5.34. The van der Waals surface area contributed by atoms with Gasteiger partial charge in [0.15, 0.2) is 0 Å². The number of esters is 1. The zero-order valence-electron chi connectivity index (χ0n) is 18.9. The van der Waals surface area contributed by atoms with E-state index in [4.69, 9.17) is 9.47 Å². The van der Waals surface area contributed by atoms with Crippen LogP contribution in [-0.2, 0) is 15.1 Å². The highest BCUT2D eigenvalue weighted by Crippen LogP contribution is 2.58. The second-order valence-electron chi connectivity index (χ2n) is 8.78. The predicted molar refractivity (Wildman–Crippen MR) is 130 cm³/mol. The third kappa shape index (κ3) is 3.06. The number of fused-ring (bicyclic) bond motifs is 1. The molecule has 0 spiro atoms. The summed E-state index contributed by atoms with van der Waals surface area (Å²) in [6, 6.07) is 38.8. The molecule has 0 radical (unpaired) electrons. The normalized spacial score (nSPS) is 23.1. The molecule has 34 heavy (non-hydrogen) atoms. The Morgan fingerprint density at radius 1 is 0.706 bits per heavy atom. The summed E-state index contributed by atoms with van der Waals surface area (Å²) in [6.45, 7) is 0. The lowest BCUT2D eigenvalue weighted by Gasteiger charge is -2.40. The Kier molecular flexibility index (Phi) is 4.96. The molecule has 4 atom stereocenters. The molecular formula is C30H25NO3. The van der Waals surface area contributed by atoms with Crippen molar-refractivity contribution in [3.63, 3.8) is 0 Å². The molecule has 3 unspecified atom stereocenters. The van der Waals surface area contributed by atoms with Gasteiger partial charge >= 0.3 is 5.97 Å². The number of ether oxygens (including phenoxy) is 2. The van der Waals surface area contributed by atoms with E-state index in [9.17, 15) is 4.79 Å². The molecule has 2 fully saturated rings.